The molecule has 0 atom stereocenters. The summed E-state index contributed by atoms with van der Waals surface area (Å²) in [6.07, 6.45) is 1.81. The molecule has 3 heteroatoms. The highest BCUT2D eigenvalue weighted by Crippen LogP contribution is 2.26. The quantitative estimate of drug-likeness (QED) is 0.527. The fraction of sp³-hybridized carbons (Fsp3) is 0.0500. The molecule has 4 aromatic rings. The number of hydrogen-bond donors (Lipinski definition) is 1. The van der Waals surface area contributed by atoms with E-state index in [1.54, 1.807) is 0 Å². The Hall–Kier alpha value is -2.58. The minimum Gasteiger partial charge on any atom is -0.380 e. The number of halogens is 1. The highest BCUT2D eigenvalue weighted by Gasteiger charge is 2.04. The van der Waals surface area contributed by atoms with Crippen LogP contribution in [0.2, 0.25) is 5.02 Å². The first kappa shape index (κ1) is 14.0. The van der Waals surface area contributed by atoms with E-state index in [0.29, 0.717) is 5.02 Å². The largest absolute Gasteiger partial charge is 0.380 e. The van der Waals surface area contributed by atoms with E-state index in [1.165, 1.54) is 16.3 Å². The molecular weight excluding hydrogens is 304 g/mol. The molecule has 4 rings (SSSR count). The number of pyridine rings is 1. The van der Waals surface area contributed by atoms with Gasteiger partial charge < -0.3 is 5.32 Å². The van der Waals surface area contributed by atoms with Crippen LogP contribution in [0.3, 0.4) is 0 Å². The highest BCUT2D eigenvalue weighted by atomic mass is 35.5. The van der Waals surface area contributed by atoms with E-state index in [-0.39, 0.29) is 0 Å². The molecule has 0 spiro atoms. The summed E-state index contributed by atoms with van der Waals surface area (Å²) < 4.78 is 0. The molecule has 0 saturated heterocycles. The van der Waals surface area contributed by atoms with Gasteiger partial charge in [0.25, 0.3) is 0 Å². The van der Waals surface area contributed by atoms with Gasteiger partial charge in [-0.15, -0.1) is 0 Å². The summed E-state index contributed by atoms with van der Waals surface area (Å²) >= 11 is 6.05. The summed E-state index contributed by atoms with van der Waals surface area (Å²) in [6.45, 7) is 0.767. The second kappa shape index (κ2) is 5.90. The van der Waals surface area contributed by atoms with Crippen LogP contribution in [0.1, 0.15) is 5.56 Å². The average Bonchev–Trinajstić information content (AvgIpc) is 2.59. The zero-order valence-electron chi connectivity index (χ0n) is 12.5. The third-order valence-electron chi connectivity index (χ3n) is 4.05. The molecule has 0 unspecified atom stereocenters. The molecule has 23 heavy (non-hydrogen) atoms. The SMILES string of the molecule is Clc1ccc2c(NCc3cccc4ccccc34)ccnc2c1. The molecular formula is C20H15ClN2. The molecule has 2 nitrogen and oxygen atoms in total. The van der Waals surface area contributed by atoms with Crippen molar-refractivity contribution in [2.45, 2.75) is 6.54 Å². The van der Waals surface area contributed by atoms with Crippen LogP contribution in [0.25, 0.3) is 21.7 Å². The van der Waals surface area contributed by atoms with Crippen LogP contribution in [0.5, 0.6) is 0 Å². The van der Waals surface area contributed by atoms with Gasteiger partial charge in [0.1, 0.15) is 0 Å². The van der Waals surface area contributed by atoms with E-state index < -0.39 is 0 Å². The molecule has 0 bridgehead atoms. The smallest absolute Gasteiger partial charge is 0.0737 e. The van der Waals surface area contributed by atoms with Gasteiger partial charge in [0.05, 0.1) is 5.52 Å². The lowest BCUT2D eigenvalue weighted by atomic mass is 10.0. The minimum atomic E-state index is 0.705. The van der Waals surface area contributed by atoms with Gasteiger partial charge in [-0.25, -0.2) is 0 Å². The number of fused-ring (bicyclic) bond motifs is 2. The van der Waals surface area contributed by atoms with Crippen molar-refractivity contribution in [1.82, 2.24) is 4.98 Å². The summed E-state index contributed by atoms with van der Waals surface area (Å²) in [7, 11) is 0. The van der Waals surface area contributed by atoms with Crippen molar-refractivity contribution in [3.05, 3.63) is 83.5 Å². The average molecular weight is 319 g/mol. The van der Waals surface area contributed by atoms with Crippen molar-refractivity contribution < 1.29 is 0 Å². The predicted octanol–water partition coefficient (Wildman–Crippen LogP) is 5.65. The Labute approximate surface area is 139 Å². The summed E-state index contributed by atoms with van der Waals surface area (Å²) in [6, 6.07) is 22.7. The molecule has 0 aliphatic heterocycles. The number of anilines is 1. The first-order chi connectivity index (χ1) is 11.3. The topological polar surface area (TPSA) is 24.9 Å². The molecule has 112 valence electrons. The maximum atomic E-state index is 6.05. The van der Waals surface area contributed by atoms with E-state index in [2.05, 4.69) is 52.8 Å². The Morgan fingerprint density at radius 2 is 1.74 bits per heavy atom. The molecule has 1 heterocycles. The molecule has 0 radical (unpaired) electrons. The van der Waals surface area contributed by atoms with Crippen LogP contribution in [0.4, 0.5) is 5.69 Å². The Morgan fingerprint density at radius 1 is 0.870 bits per heavy atom. The van der Waals surface area contributed by atoms with E-state index in [9.17, 15) is 0 Å². The number of nitrogens with zero attached hydrogens (tertiary/aromatic N) is 1. The van der Waals surface area contributed by atoms with Gasteiger partial charge in [0, 0.05) is 28.8 Å². The van der Waals surface area contributed by atoms with E-state index in [1.807, 2.05) is 30.5 Å². The van der Waals surface area contributed by atoms with Crippen molar-refractivity contribution in [3.63, 3.8) is 0 Å². The van der Waals surface area contributed by atoms with Crippen LogP contribution >= 0.6 is 11.6 Å². The second-order valence-corrected chi connectivity index (χ2v) is 5.95. The monoisotopic (exact) mass is 318 g/mol. The first-order valence-electron chi connectivity index (χ1n) is 7.56. The van der Waals surface area contributed by atoms with E-state index in [4.69, 9.17) is 11.6 Å². The van der Waals surface area contributed by atoms with Crippen LogP contribution < -0.4 is 5.32 Å². The van der Waals surface area contributed by atoms with Gasteiger partial charge in [0.2, 0.25) is 0 Å². The van der Waals surface area contributed by atoms with Crippen molar-refractivity contribution in [2.24, 2.45) is 0 Å². The fourth-order valence-electron chi connectivity index (χ4n) is 2.91. The van der Waals surface area contributed by atoms with Gasteiger partial charge in [-0.05, 0) is 40.6 Å². The fourth-order valence-corrected chi connectivity index (χ4v) is 3.08. The van der Waals surface area contributed by atoms with Crippen molar-refractivity contribution in [3.8, 4) is 0 Å². The third-order valence-corrected chi connectivity index (χ3v) is 4.29. The molecule has 3 aromatic carbocycles. The number of benzene rings is 3. The first-order valence-corrected chi connectivity index (χ1v) is 7.94. The van der Waals surface area contributed by atoms with Gasteiger partial charge in [-0.1, -0.05) is 54.1 Å². The predicted molar refractivity (Wildman–Crippen MR) is 98.0 cm³/mol. The Morgan fingerprint density at radius 3 is 2.70 bits per heavy atom. The van der Waals surface area contributed by atoms with Crippen LogP contribution in [0.15, 0.2) is 72.9 Å². The number of aromatic nitrogens is 1. The molecule has 0 aliphatic carbocycles. The standard InChI is InChI=1S/C20H15ClN2/c21-16-8-9-18-19(10-11-22-20(18)12-16)23-13-15-6-3-5-14-4-1-2-7-17(14)15/h1-12H,13H2,(H,22,23). The van der Waals surface area contributed by atoms with Crippen molar-refractivity contribution in [2.75, 3.05) is 5.32 Å². The molecule has 0 saturated carbocycles. The summed E-state index contributed by atoms with van der Waals surface area (Å²) in [5.41, 5.74) is 3.25. The lowest BCUT2D eigenvalue weighted by molar-refractivity contribution is 1.17. The number of nitrogens with one attached hydrogen (secondary N) is 1. The highest BCUT2D eigenvalue weighted by molar-refractivity contribution is 6.31. The zero-order valence-corrected chi connectivity index (χ0v) is 13.2. The molecule has 0 fully saturated rings. The maximum Gasteiger partial charge on any atom is 0.0737 e. The van der Waals surface area contributed by atoms with Gasteiger partial charge in [-0.2, -0.15) is 0 Å². The molecule has 1 N–H and O–H groups in total. The van der Waals surface area contributed by atoms with Crippen molar-refractivity contribution >= 4 is 39.0 Å². The summed E-state index contributed by atoms with van der Waals surface area (Å²) in [4.78, 5) is 4.38. The normalized spacial score (nSPS) is 11.0. The Balaban J connectivity index is 1.69. The van der Waals surface area contributed by atoms with Crippen LogP contribution in [-0.2, 0) is 6.54 Å². The Kier molecular flexibility index (Phi) is 3.60. The van der Waals surface area contributed by atoms with Crippen LogP contribution in [-0.4, -0.2) is 4.98 Å². The molecule has 0 aliphatic rings. The van der Waals surface area contributed by atoms with Gasteiger partial charge in [0.15, 0.2) is 0 Å². The lowest BCUT2D eigenvalue weighted by Crippen LogP contribution is -2.01. The van der Waals surface area contributed by atoms with Gasteiger partial charge >= 0.3 is 0 Å². The summed E-state index contributed by atoms with van der Waals surface area (Å²) in [5.74, 6) is 0. The zero-order chi connectivity index (χ0) is 15.6. The van der Waals surface area contributed by atoms with Gasteiger partial charge in [-0.3, -0.25) is 4.98 Å². The van der Waals surface area contributed by atoms with E-state index >= 15 is 0 Å². The Bertz CT molecular complexity index is 990. The molecule has 0 amide bonds. The number of rotatable bonds is 3. The summed E-state index contributed by atoms with van der Waals surface area (Å²) in [5, 5.41) is 7.86. The van der Waals surface area contributed by atoms with Crippen LogP contribution in [0, 0.1) is 0 Å². The lowest BCUT2D eigenvalue weighted by Gasteiger charge is -2.11. The third kappa shape index (κ3) is 2.73. The molecule has 1 aromatic heterocycles. The number of hydrogen-bond acceptors (Lipinski definition) is 2. The van der Waals surface area contributed by atoms with Crippen molar-refractivity contribution in [1.29, 1.82) is 0 Å². The minimum absolute atomic E-state index is 0.705. The second-order valence-electron chi connectivity index (χ2n) is 5.51. The maximum absolute atomic E-state index is 6.05. The van der Waals surface area contributed by atoms with E-state index in [0.717, 1.165) is 23.1 Å².